The molecule has 2 N–H and O–H groups in total. The van der Waals surface area contributed by atoms with Crippen LogP contribution in [0.25, 0.3) is 10.9 Å². The molecule has 4 aromatic rings. The smallest absolute Gasteiger partial charge is 0.262 e. The maximum atomic E-state index is 13.4. The van der Waals surface area contributed by atoms with Crippen molar-refractivity contribution in [2.75, 3.05) is 20.8 Å². The van der Waals surface area contributed by atoms with Crippen LogP contribution in [0.2, 0.25) is 0 Å². The zero-order valence-electron chi connectivity index (χ0n) is 23.3. The lowest BCUT2D eigenvalue weighted by atomic mass is 10.1. The molecule has 2 aromatic heterocycles. The Morgan fingerprint density at radius 3 is 2.59 bits per heavy atom. The molecule has 0 saturated heterocycles. The molecular formula is C30H34N4O6S. The summed E-state index contributed by atoms with van der Waals surface area (Å²) in [4.78, 5) is 43.8. The molecule has 0 aliphatic rings. The molecule has 10 nitrogen and oxygen atoms in total. The van der Waals surface area contributed by atoms with Crippen molar-refractivity contribution in [1.29, 1.82) is 0 Å². The van der Waals surface area contributed by atoms with E-state index in [9.17, 15) is 14.4 Å². The van der Waals surface area contributed by atoms with Crippen LogP contribution in [0.4, 0.5) is 0 Å². The number of amides is 2. The fourth-order valence-corrected chi connectivity index (χ4v) is 5.33. The number of thioether (sulfide) groups is 1. The Morgan fingerprint density at radius 1 is 1.05 bits per heavy atom. The first-order chi connectivity index (χ1) is 19.9. The van der Waals surface area contributed by atoms with E-state index in [2.05, 4.69) is 10.6 Å². The third-order valence-corrected chi connectivity index (χ3v) is 7.86. The standard InChI is InChI=1S/C30H34N4O6S/c1-4-26(28(36)32-19-21-8-7-17-40-21)41-30-33-23-10-6-5-9-22(23)29(37)34(30)16-14-27(35)31-15-13-20-11-12-24(38-2)25(18-20)39-3/h5-12,17-18,26H,4,13-16,19H2,1-3H3,(H,31,35)(H,32,36). The first-order valence-electron chi connectivity index (χ1n) is 13.4. The Balaban J connectivity index is 1.42. The highest BCUT2D eigenvalue weighted by molar-refractivity contribution is 8.00. The molecule has 4 rings (SSSR count). The predicted octanol–water partition coefficient (Wildman–Crippen LogP) is 3.94. The summed E-state index contributed by atoms with van der Waals surface area (Å²) in [5.74, 6) is 1.55. The summed E-state index contributed by atoms with van der Waals surface area (Å²) in [5.41, 5.74) is 1.29. The van der Waals surface area contributed by atoms with E-state index in [1.165, 1.54) is 16.3 Å². The highest BCUT2D eigenvalue weighted by Crippen LogP contribution is 2.28. The third kappa shape index (κ3) is 7.69. The van der Waals surface area contributed by atoms with Gasteiger partial charge in [0, 0.05) is 19.5 Å². The molecule has 216 valence electrons. The topological polar surface area (TPSA) is 125 Å². The van der Waals surface area contributed by atoms with E-state index in [-0.39, 0.29) is 36.9 Å². The molecule has 11 heteroatoms. The van der Waals surface area contributed by atoms with Crippen LogP contribution in [0.5, 0.6) is 11.5 Å². The number of nitrogens with one attached hydrogen (secondary N) is 2. The molecule has 2 aromatic carbocycles. The van der Waals surface area contributed by atoms with Gasteiger partial charge >= 0.3 is 0 Å². The van der Waals surface area contributed by atoms with E-state index in [1.54, 1.807) is 50.8 Å². The lowest BCUT2D eigenvalue weighted by Crippen LogP contribution is -2.33. The number of carbonyl (C=O) groups excluding carboxylic acids is 2. The van der Waals surface area contributed by atoms with Crippen LogP contribution in [0.1, 0.15) is 31.1 Å². The van der Waals surface area contributed by atoms with E-state index < -0.39 is 5.25 Å². The quantitative estimate of drug-likeness (QED) is 0.170. The van der Waals surface area contributed by atoms with Gasteiger partial charge in [-0.25, -0.2) is 4.98 Å². The maximum Gasteiger partial charge on any atom is 0.262 e. The monoisotopic (exact) mass is 578 g/mol. The SMILES string of the molecule is CCC(Sc1nc2ccccc2c(=O)n1CCC(=O)NCCc1ccc(OC)c(OC)c1)C(=O)NCc1ccco1. The molecule has 41 heavy (non-hydrogen) atoms. The van der Waals surface area contributed by atoms with Crippen molar-refractivity contribution in [2.24, 2.45) is 0 Å². The van der Waals surface area contributed by atoms with Crippen LogP contribution < -0.4 is 25.7 Å². The van der Waals surface area contributed by atoms with Crippen molar-refractivity contribution < 1.29 is 23.5 Å². The number of carbonyl (C=O) groups is 2. The lowest BCUT2D eigenvalue weighted by Gasteiger charge is -2.18. The molecule has 0 fully saturated rings. The predicted molar refractivity (Wildman–Crippen MR) is 157 cm³/mol. The van der Waals surface area contributed by atoms with Crippen LogP contribution in [0.3, 0.4) is 0 Å². The van der Waals surface area contributed by atoms with Crippen LogP contribution >= 0.6 is 11.8 Å². The zero-order chi connectivity index (χ0) is 29.2. The van der Waals surface area contributed by atoms with Gasteiger partial charge in [0.1, 0.15) is 5.76 Å². The van der Waals surface area contributed by atoms with Gasteiger partial charge in [0.05, 0.1) is 43.2 Å². The Labute approximate surface area is 242 Å². The van der Waals surface area contributed by atoms with Gasteiger partial charge in [0.25, 0.3) is 5.56 Å². The summed E-state index contributed by atoms with van der Waals surface area (Å²) >= 11 is 1.22. The number of benzene rings is 2. The lowest BCUT2D eigenvalue weighted by molar-refractivity contribution is -0.122. The molecule has 0 saturated carbocycles. The van der Waals surface area contributed by atoms with Crippen molar-refractivity contribution in [1.82, 2.24) is 20.2 Å². The minimum absolute atomic E-state index is 0.0842. The molecule has 0 radical (unpaired) electrons. The van der Waals surface area contributed by atoms with Crippen LogP contribution in [-0.2, 0) is 29.1 Å². The Morgan fingerprint density at radius 2 is 1.85 bits per heavy atom. The van der Waals surface area contributed by atoms with Crippen molar-refractivity contribution >= 4 is 34.5 Å². The molecular weight excluding hydrogens is 544 g/mol. The molecule has 0 bridgehead atoms. The number of nitrogens with zero attached hydrogens (tertiary/aromatic N) is 2. The van der Waals surface area contributed by atoms with E-state index >= 15 is 0 Å². The summed E-state index contributed by atoms with van der Waals surface area (Å²) in [7, 11) is 3.16. The minimum atomic E-state index is -0.486. The van der Waals surface area contributed by atoms with Crippen molar-refractivity contribution in [3.63, 3.8) is 0 Å². The summed E-state index contributed by atoms with van der Waals surface area (Å²) in [6.07, 6.45) is 2.77. The number of para-hydroxylation sites is 1. The molecule has 0 aliphatic carbocycles. The third-order valence-electron chi connectivity index (χ3n) is 6.50. The summed E-state index contributed by atoms with van der Waals surface area (Å²) in [5, 5.41) is 6.17. The van der Waals surface area contributed by atoms with E-state index in [4.69, 9.17) is 18.9 Å². The number of ether oxygens (including phenoxy) is 2. The van der Waals surface area contributed by atoms with Crippen LogP contribution in [-0.4, -0.2) is 47.4 Å². The second-order valence-electron chi connectivity index (χ2n) is 9.22. The Kier molecular flexibility index (Phi) is 10.4. The number of furan rings is 1. The molecule has 0 spiro atoms. The summed E-state index contributed by atoms with van der Waals surface area (Å²) < 4.78 is 17.4. The van der Waals surface area contributed by atoms with Crippen LogP contribution in [0.15, 0.2) is 75.2 Å². The molecule has 2 heterocycles. The van der Waals surface area contributed by atoms with Gasteiger partial charge in [-0.1, -0.05) is 36.9 Å². The second-order valence-corrected chi connectivity index (χ2v) is 10.4. The van der Waals surface area contributed by atoms with E-state index in [0.29, 0.717) is 52.7 Å². The van der Waals surface area contributed by atoms with Gasteiger partial charge in [-0.2, -0.15) is 0 Å². The fraction of sp³-hybridized carbons (Fsp3) is 0.333. The molecule has 0 aliphatic heterocycles. The fourth-order valence-electron chi connectivity index (χ4n) is 4.27. The van der Waals surface area contributed by atoms with E-state index in [1.807, 2.05) is 31.2 Å². The Bertz CT molecular complexity index is 1540. The minimum Gasteiger partial charge on any atom is -0.493 e. The van der Waals surface area contributed by atoms with E-state index in [0.717, 1.165) is 5.56 Å². The largest absolute Gasteiger partial charge is 0.493 e. The molecule has 2 amide bonds. The number of methoxy groups -OCH3 is 2. The average molecular weight is 579 g/mol. The Hall–Kier alpha value is -4.25. The zero-order valence-corrected chi connectivity index (χ0v) is 24.2. The number of aromatic nitrogens is 2. The number of hydrogen-bond acceptors (Lipinski definition) is 8. The number of rotatable bonds is 14. The van der Waals surface area contributed by atoms with Gasteiger partial charge in [-0.05, 0) is 54.8 Å². The highest BCUT2D eigenvalue weighted by atomic mass is 32.2. The first kappa shape index (κ1) is 29.7. The number of hydrogen-bond donors (Lipinski definition) is 2. The maximum absolute atomic E-state index is 13.4. The second kappa shape index (κ2) is 14.4. The van der Waals surface area contributed by atoms with Gasteiger partial charge in [-0.15, -0.1) is 0 Å². The number of fused-ring (bicyclic) bond motifs is 1. The van der Waals surface area contributed by atoms with Crippen molar-refractivity contribution in [3.05, 3.63) is 82.5 Å². The first-order valence-corrected chi connectivity index (χ1v) is 14.2. The van der Waals surface area contributed by atoms with Crippen LogP contribution in [0, 0.1) is 0 Å². The average Bonchev–Trinajstić information content (AvgIpc) is 3.52. The van der Waals surface area contributed by atoms with Crippen molar-refractivity contribution in [2.45, 2.75) is 49.7 Å². The summed E-state index contributed by atoms with van der Waals surface area (Å²) in [6.45, 7) is 2.73. The highest BCUT2D eigenvalue weighted by Gasteiger charge is 2.22. The molecule has 1 unspecified atom stereocenters. The van der Waals surface area contributed by atoms with Gasteiger partial charge < -0.3 is 24.5 Å². The van der Waals surface area contributed by atoms with Gasteiger partial charge in [0.15, 0.2) is 16.7 Å². The summed E-state index contributed by atoms with van der Waals surface area (Å²) in [6, 6.07) is 16.3. The molecule has 1 atom stereocenters. The van der Waals surface area contributed by atoms with Crippen molar-refractivity contribution in [3.8, 4) is 11.5 Å². The van der Waals surface area contributed by atoms with Gasteiger partial charge in [0.2, 0.25) is 11.8 Å². The van der Waals surface area contributed by atoms with Gasteiger partial charge in [-0.3, -0.25) is 19.0 Å². The normalized spacial score (nSPS) is 11.7.